The molecule has 0 radical (unpaired) electrons. The highest BCUT2D eigenvalue weighted by molar-refractivity contribution is 7.18. The molecule has 0 spiro atoms. The van der Waals surface area contributed by atoms with E-state index in [0.29, 0.717) is 17.7 Å². The van der Waals surface area contributed by atoms with E-state index in [1.165, 1.54) is 88.1 Å². The van der Waals surface area contributed by atoms with Crippen LogP contribution in [0.5, 0.6) is 5.75 Å². The zero-order valence-corrected chi connectivity index (χ0v) is 30.6. The summed E-state index contributed by atoms with van der Waals surface area (Å²) in [6.45, 7) is 14.5. The van der Waals surface area contributed by atoms with Crippen molar-refractivity contribution in [1.29, 1.82) is 0 Å². The zero-order valence-electron chi connectivity index (χ0n) is 29.8. The number of hydrogen-bond donors (Lipinski definition) is 0. The summed E-state index contributed by atoms with van der Waals surface area (Å²) >= 11 is 1.83. The first-order valence-electron chi connectivity index (χ1n) is 18.3. The van der Waals surface area contributed by atoms with E-state index >= 15 is 0 Å². The molecule has 1 aliphatic rings. The van der Waals surface area contributed by atoms with Crippen LogP contribution in [-0.2, 0) is 14.9 Å². The maximum Gasteiger partial charge on any atom is 0.336 e. The van der Waals surface area contributed by atoms with Crippen LogP contribution in [0.2, 0.25) is 0 Å². The molecule has 1 atom stereocenters. The molecule has 1 aliphatic carbocycles. The predicted octanol–water partition coefficient (Wildman–Crippen LogP) is 13.2. The third-order valence-corrected chi connectivity index (χ3v) is 11.0. The van der Waals surface area contributed by atoms with Gasteiger partial charge in [-0.25, -0.2) is 4.79 Å². The van der Waals surface area contributed by atoms with Crippen molar-refractivity contribution in [2.45, 2.75) is 123 Å². The molecule has 0 aliphatic heterocycles. The molecular weight excluding hydrogens is 609 g/mol. The van der Waals surface area contributed by atoms with Crippen LogP contribution in [0.1, 0.15) is 121 Å². The third-order valence-electron chi connectivity index (χ3n) is 9.80. The largest absolute Gasteiger partial charge is 0.455 e. The standard InChI is InChI=1S/C44H54O3S/c1-7-10-11-12-13-14-15-16-42(47-43(45)31(4)5)46-35-21-18-33(19-22-35)40-25-26-41(48-40)34-20-24-37-36-23-17-32(6)29-38(36)44(27-8-2,28-9-3)39(37)30-34/h17-26,29-30,42H,4,7-16,27-28H2,1-3,5-6H3. The lowest BCUT2D eigenvalue weighted by atomic mass is 9.71. The first kappa shape index (κ1) is 35.7. The van der Waals surface area contributed by atoms with Crippen molar-refractivity contribution in [3.8, 4) is 37.8 Å². The highest BCUT2D eigenvalue weighted by atomic mass is 32.1. The van der Waals surface area contributed by atoms with Gasteiger partial charge in [0.25, 0.3) is 0 Å². The van der Waals surface area contributed by atoms with Crippen molar-refractivity contribution in [1.82, 2.24) is 0 Å². The van der Waals surface area contributed by atoms with E-state index in [2.05, 4.69) is 94.9 Å². The predicted molar refractivity (Wildman–Crippen MR) is 204 cm³/mol. The molecule has 4 aromatic rings. The summed E-state index contributed by atoms with van der Waals surface area (Å²) in [6.07, 6.45) is 13.1. The molecule has 3 nitrogen and oxygen atoms in total. The zero-order chi connectivity index (χ0) is 34.1. The van der Waals surface area contributed by atoms with Crippen LogP contribution < -0.4 is 4.74 Å². The average Bonchev–Trinajstić information content (AvgIpc) is 3.67. The molecule has 3 aromatic carbocycles. The number of esters is 1. The normalized spacial score (nSPS) is 13.5. The van der Waals surface area contributed by atoms with Crippen molar-refractivity contribution in [3.05, 3.63) is 102 Å². The van der Waals surface area contributed by atoms with Gasteiger partial charge < -0.3 is 9.47 Å². The fourth-order valence-electron chi connectivity index (χ4n) is 7.41. The minimum absolute atomic E-state index is 0.0807. The quantitative estimate of drug-likeness (QED) is 0.0460. The molecule has 0 amide bonds. The summed E-state index contributed by atoms with van der Waals surface area (Å²) in [6, 6.07) is 26.9. The van der Waals surface area contributed by atoms with Crippen molar-refractivity contribution >= 4 is 17.3 Å². The van der Waals surface area contributed by atoms with Gasteiger partial charge in [0.2, 0.25) is 6.29 Å². The summed E-state index contributed by atoms with van der Waals surface area (Å²) in [5, 5.41) is 0. The summed E-state index contributed by atoms with van der Waals surface area (Å²) in [5.41, 5.74) is 10.1. The highest BCUT2D eigenvalue weighted by Gasteiger charge is 2.42. The van der Waals surface area contributed by atoms with Crippen molar-refractivity contribution in [3.63, 3.8) is 0 Å². The van der Waals surface area contributed by atoms with Crippen LogP contribution in [0.25, 0.3) is 32.0 Å². The molecule has 1 unspecified atom stereocenters. The number of benzene rings is 3. The molecule has 4 heteroatoms. The molecule has 0 N–H and O–H groups in total. The number of carbonyl (C=O) groups is 1. The minimum Gasteiger partial charge on any atom is -0.455 e. The van der Waals surface area contributed by atoms with Crippen LogP contribution in [0.15, 0.2) is 84.9 Å². The molecule has 48 heavy (non-hydrogen) atoms. The summed E-state index contributed by atoms with van der Waals surface area (Å²) in [4.78, 5) is 14.8. The van der Waals surface area contributed by atoms with E-state index in [-0.39, 0.29) is 5.41 Å². The number of ether oxygens (including phenoxy) is 2. The van der Waals surface area contributed by atoms with Gasteiger partial charge in [0.1, 0.15) is 5.75 Å². The van der Waals surface area contributed by atoms with E-state index in [4.69, 9.17) is 9.47 Å². The fraction of sp³-hybridized carbons (Fsp3) is 0.432. The van der Waals surface area contributed by atoms with Gasteiger partial charge in [-0.15, -0.1) is 11.3 Å². The van der Waals surface area contributed by atoms with Gasteiger partial charge in [0, 0.05) is 27.2 Å². The van der Waals surface area contributed by atoms with Crippen LogP contribution >= 0.6 is 11.3 Å². The van der Waals surface area contributed by atoms with Gasteiger partial charge in [-0.1, -0.05) is 115 Å². The topological polar surface area (TPSA) is 35.5 Å². The monoisotopic (exact) mass is 662 g/mol. The van der Waals surface area contributed by atoms with E-state index in [9.17, 15) is 4.79 Å². The fourth-order valence-corrected chi connectivity index (χ4v) is 8.42. The second-order valence-electron chi connectivity index (χ2n) is 13.7. The Kier molecular flexibility index (Phi) is 12.4. The summed E-state index contributed by atoms with van der Waals surface area (Å²) in [7, 11) is 0. The summed E-state index contributed by atoms with van der Waals surface area (Å²) < 4.78 is 11.9. The van der Waals surface area contributed by atoms with Gasteiger partial charge in [-0.2, -0.15) is 0 Å². The van der Waals surface area contributed by atoms with E-state index in [1.807, 2.05) is 23.5 Å². The van der Waals surface area contributed by atoms with Gasteiger partial charge in [-0.05, 0) is 109 Å². The maximum atomic E-state index is 12.3. The lowest BCUT2D eigenvalue weighted by Gasteiger charge is -2.32. The smallest absolute Gasteiger partial charge is 0.336 e. The molecule has 1 aromatic heterocycles. The Morgan fingerprint density at radius 1 is 0.729 bits per heavy atom. The molecule has 0 bridgehead atoms. The van der Waals surface area contributed by atoms with E-state index < -0.39 is 12.3 Å². The number of unbranched alkanes of at least 4 members (excludes halogenated alkanes) is 6. The average molecular weight is 663 g/mol. The van der Waals surface area contributed by atoms with Gasteiger partial charge in [0.05, 0.1) is 0 Å². The van der Waals surface area contributed by atoms with Crippen molar-refractivity contribution < 1.29 is 14.3 Å². The van der Waals surface area contributed by atoms with Crippen molar-refractivity contribution in [2.24, 2.45) is 0 Å². The first-order valence-corrected chi connectivity index (χ1v) is 19.1. The lowest BCUT2D eigenvalue weighted by Crippen LogP contribution is -2.25. The van der Waals surface area contributed by atoms with Gasteiger partial charge >= 0.3 is 5.97 Å². The number of rotatable bonds is 18. The number of hydrogen-bond acceptors (Lipinski definition) is 4. The lowest BCUT2D eigenvalue weighted by molar-refractivity contribution is -0.159. The SMILES string of the molecule is C=C(C)C(=O)OC(CCCCCCCCC)Oc1ccc(-c2ccc(-c3ccc4c(c3)C(CCC)(CCC)c3cc(C)ccc3-4)s2)cc1. The second-order valence-corrected chi connectivity index (χ2v) is 14.8. The van der Waals surface area contributed by atoms with Crippen LogP contribution in [-0.4, -0.2) is 12.3 Å². The Hall–Kier alpha value is -3.63. The van der Waals surface area contributed by atoms with Crippen LogP contribution in [0.4, 0.5) is 0 Å². The number of fused-ring (bicyclic) bond motifs is 3. The number of carbonyl (C=O) groups excluding carboxylic acids is 1. The van der Waals surface area contributed by atoms with Crippen LogP contribution in [0, 0.1) is 6.92 Å². The molecular formula is C44H54O3S. The van der Waals surface area contributed by atoms with E-state index in [1.54, 1.807) is 6.92 Å². The van der Waals surface area contributed by atoms with Gasteiger partial charge in [-0.3, -0.25) is 0 Å². The van der Waals surface area contributed by atoms with Crippen molar-refractivity contribution in [2.75, 3.05) is 0 Å². The van der Waals surface area contributed by atoms with Crippen LogP contribution in [0.3, 0.4) is 0 Å². The Labute approximate surface area is 293 Å². The first-order chi connectivity index (χ1) is 23.3. The Morgan fingerprint density at radius 2 is 1.31 bits per heavy atom. The number of aryl methyl sites for hydroxylation is 1. The second kappa shape index (κ2) is 16.7. The Balaban J connectivity index is 1.31. The molecule has 5 rings (SSSR count). The number of thiophene rings is 1. The Morgan fingerprint density at radius 3 is 1.96 bits per heavy atom. The molecule has 254 valence electrons. The molecule has 0 saturated carbocycles. The van der Waals surface area contributed by atoms with Gasteiger partial charge in [0.15, 0.2) is 0 Å². The maximum absolute atomic E-state index is 12.3. The highest BCUT2D eigenvalue weighted by Crippen LogP contribution is 2.55. The Bertz CT molecular complexity index is 1670. The summed E-state index contributed by atoms with van der Waals surface area (Å²) in [5.74, 6) is 0.299. The minimum atomic E-state index is -0.619. The molecule has 1 heterocycles. The molecule has 0 saturated heterocycles. The molecule has 0 fully saturated rings. The van der Waals surface area contributed by atoms with E-state index in [0.717, 1.165) is 31.2 Å². The third kappa shape index (κ3) is 8.14.